The Morgan fingerprint density at radius 2 is 2.00 bits per heavy atom. The Balaban J connectivity index is 1.76. The quantitative estimate of drug-likeness (QED) is 0.354. The number of H-pyrrole nitrogens is 1. The van der Waals surface area contributed by atoms with Crippen LogP contribution < -0.4 is 10.6 Å². The van der Waals surface area contributed by atoms with E-state index in [1.807, 2.05) is 31.3 Å². The van der Waals surface area contributed by atoms with Crippen molar-refractivity contribution in [3.05, 3.63) is 36.0 Å². The maximum absolute atomic E-state index is 12.3. The van der Waals surface area contributed by atoms with Crippen LogP contribution in [0.15, 0.2) is 35.5 Å². The van der Waals surface area contributed by atoms with Gasteiger partial charge in [0.05, 0.1) is 6.54 Å². The molecule has 0 bridgehead atoms. The molecule has 0 aliphatic rings. The van der Waals surface area contributed by atoms with Gasteiger partial charge >= 0.3 is 6.18 Å². The summed E-state index contributed by atoms with van der Waals surface area (Å²) in [6.07, 6.45) is -0.710. The molecule has 1 aromatic carbocycles. The number of rotatable bonds is 9. The second-order valence-corrected chi connectivity index (χ2v) is 6.50. The molecule has 0 saturated carbocycles. The molecule has 0 unspecified atom stereocenters. The zero-order chi connectivity index (χ0) is 19.7. The third kappa shape index (κ3) is 7.50. The van der Waals surface area contributed by atoms with Crippen molar-refractivity contribution in [1.82, 2.24) is 20.5 Å². The van der Waals surface area contributed by atoms with Crippen molar-refractivity contribution in [2.75, 3.05) is 39.8 Å². The summed E-state index contributed by atoms with van der Waals surface area (Å²) in [5.41, 5.74) is 2.36. The predicted molar refractivity (Wildman–Crippen MR) is 104 cm³/mol. The molecule has 2 aromatic rings. The van der Waals surface area contributed by atoms with E-state index in [1.54, 1.807) is 0 Å². The first-order valence-corrected chi connectivity index (χ1v) is 9.21. The number of guanidine groups is 1. The van der Waals surface area contributed by atoms with E-state index in [4.69, 9.17) is 0 Å². The van der Waals surface area contributed by atoms with Gasteiger partial charge < -0.3 is 15.6 Å². The molecule has 5 nitrogen and oxygen atoms in total. The molecule has 27 heavy (non-hydrogen) atoms. The van der Waals surface area contributed by atoms with E-state index in [9.17, 15) is 13.2 Å². The number of benzene rings is 1. The first-order valence-electron chi connectivity index (χ1n) is 9.21. The van der Waals surface area contributed by atoms with Crippen LogP contribution in [0.3, 0.4) is 0 Å². The second kappa shape index (κ2) is 10.2. The molecular weight excluding hydrogens is 355 g/mol. The summed E-state index contributed by atoms with van der Waals surface area (Å²) in [4.78, 5) is 8.97. The van der Waals surface area contributed by atoms with Gasteiger partial charge in [-0.15, -0.1) is 0 Å². The number of nitrogens with zero attached hydrogens (tertiary/aromatic N) is 2. The van der Waals surface area contributed by atoms with Crippen molar-refractivity contribution in [2.45, 2.75) is 25.9 Å². The fourth-order valence-corrected chi connectivity index (χ4v) is 2.91. The van der Waals surface area contributed by atoms with E-state index in [0.717, 1.165) is 25.0 Å². The van der Waals surface area contributed by atoms with Gasteiger partial charge in [0.2, 0.25) is 0 Å². The van der Waals surface area contributed by atoms with Crippen LogP contribution in [0.2, 0.25) is 0 Å². The standard InChI is InChI=1S/C19H28F3N5/c1-3-23-18(24-10-6-12-27(2)14-19(20,21)22)25-11-9-15-13-26-17-8-5-4-7-16(15)17/h4-5,7-8,13,26H,3,6,9-12,14H2,1-2H3,(H2,23,24,25). The van der Waals surface area contributed by atoms with E-state index in [2.05, 4.69) is 26.7 Å². The largest absolute Gasteiger partial charge is 0.401 e. The third-order valence-electron chi connectivity index (χ3n) is 4.12. The molecule has 3 N–H and O–H groups in total. The van der Waals surface area contributed by atoms with Crippen molar-refractivity contribution in [1.29, 1.82) is 0 Å². The van der Waals surface area contributed by atoms with Crippen LogP contribution in [0.5, 0.6) is 0 Å². The lowest BCUT2D eigenvalue weighted by Gasteiger charge is -2.18. The summed E-state index contributed by atoms with van der Waals surface area (Å²) in [5.74, 6) is 0.691. The Labute approximate surface area is 158 Å². The Bertz CT molecular complexity index is 723. The van der Waals surface area contributed by atoms with Crippen LogP contribution in [0.4, 0.5) is 13.2 Å². The van der Waals surface area contributed by atoms with Crippen LogP contribution in [-0.2, 0) is 6.42 Å². The minimum Gasteiger partial charge on any atom is -0.361 e. The minimum atomic E-state index is -4.16. The maximum atomic E-state index is 12.3. The summed E-state index contributed by atoms with van der Waals surface area (Å²) >= 11 is 0. The van der Waals surface area contributed by atoms with E-state index in [0.29, 0.717) is 25.5 Å². The monoisotopic (exact) mass is 383 g/mol. The molecule has 0 spiro atoms. The lowest BCUT2D eigenvalue weighted by Crippen LogP contribution is -2.38. The van der Waals surface area contributed by atoms with Crippen molar-refractivity contribution in [3.8, 4) is 0 Å². The number of aliphatic imine (C=N–C) groups is 1. The lowest BCUT2D eigenvalue weighted by atomic mass is 10.1. The first-order chi connectivity index (χ1) is 12.9. The van der Waals surface area contributed by atoms with Crippen molar-refractivity contribution < 1.29 is 13.2 Å². The van der Waals surface area contributed by atoms with Crippen molar-refractivity contribution in [2.24, 2.45) is 4.99 Å². The molecule has 1 heterocycles. The van der Waals surface area contributed by atoms with Crippen LogP contribution in [0, 0.1) is 0 Å². The van der Waals surface area contributed by atoms with Gasteiger partial charge in [0.25, 0.3) is 0 Å². The molecule has 150 valence electrons. The number of nitrogens with one attached hydrogen (secondary N) is 3. The SMILES string of the molecule is CCNC(=NCCCN(C)CC(F)(F)F)NCCc1c[nH]c2ccccc12. The van der Waals surface area contributed by atoms with E-state index >= 15 is 0 Å². The molecule has 0 atom stereocenters. The first kappa shape index (κ1) is 21.1. The Morgan fingerprint density at radius 1 is 1.22 bits per heavy atom. The van der Waals surface area contributed by atoms with Crippen molar-refractivity contribution in [3.63, 3.8) is 0 Å². The average molecular weight is 383 g/mol. The molecule has 2 rings (SSSR count). The smallest absolute Gasteiger partial charge is 0.361 e. The van der Waals surface area contributed by atoms with Crippen LogP contribution >= 0.6 is 0 Å². The fraction of sp³-hybridized carbons (Fsp3) is 0.526. The number of hydrogen-bond acceptors (Lipinski definition) is 2. The van der Waals surface area contributed by atoms with Gasteiger partial charge in [0.1, 0.15) is 0 Å². The summed E-state index contributed by atoms with van der Waals surface area (Å²) in [5, 5.41) is 7.66. The highest BCUT2D eigenvalue weighted by Crippen LogP contribution is 2.17. The van der Waals surface area contributed by atoms with Gasteiger partial charge in [-0.1, -0.05) is 18.2 Å². The summed E-state index contributed by atoms with van der Waals surface area (Å²) in [6, 6.07) is 8.17. The highest BCUT2D eigenvalue weighted by atomic mass is 19.4. The van der Waals surface area contributed by atoms with Gasteiger partial charge in [-0.3, -0.25) is 9.89 Å². The van der Waals surface area contributed by atoms with Crippen molar-refractivity contribution >= 4 is 16.9 Å². The van der Waals surface area contributed by atoms with Gasteiger partial charge in [0.15, 0.2) is 5.96 Å². The molecule has 8 heteroatoms. The number of hydrogen-bond donors (Lipinski definition) is 3. The van der Waals surface area contributed by atoms with Gasteiger partial charge in [-0.25, -0.2) is 0 Å². The molecule has 0 fully saturated rings. The Kier molecular flexibility index (Phi) is 7.97. The maximum Gasteiger partial charge on any atom is 0.401 e. The van der Waals surface area contributed by atoms with E-state index < -0.39 is 12.7 Å². The summed E-state index contributed by atoms with van der Waals surface area (Å²) in [6.45, 7) is 3.38. The van der Waals surface area contributed by atoms with E-state index in [1.165, 1.54) is 22.9 Å². The third-order valence-corrected chi connectivity index (χ3v) is 4.12. The van der Waals surface area contributed by atoms with Crippen LogP contribution in [0.25, 0.3) is 10.9 Å². The minimum absolute atomic E-state index is 0.359. The number of fused-ring (bicyclic) bond motifs is 1. The predicted octanol–water partition coefficient (Wildman–Crippen LogP) is 3.15. The Hall–Kier alpha value is -2.22. The van der Waals surface area contributed by atoms with Crippen LogP contribution in [0.1, 0.15) is 18.9 Å². The zero-order valence-electron chi connectivity index (χ0n) is 15.9. The number of aromatic amines is 1. The lowest BCUT2D eigenvalue weighted by molar-refractivity contribution is -0.143. The van der Waals surface area contributed by atoms with Gasteiger partial charge in [-0.05, 0) is 45.0 Å². The number of para-hydroxylation sites is 1. The fourth-order valence-electron chi connectivity index (χ4n) is 2.91. The topological polar surface area (TPSA) is 55.5 Å². The summed E-state index contributed by atoms with van der Waals surface area (Å²) < 4.78 is 36.9. The molecule has 0 saturated heterocycles. The number of halogens is 3. The molecule has 1 aromatic heterocycles. The van der Waals surface area contributed by atoms with Gasteiger partial charge in [-0.2, -0.15) is 13.2 Å². The molecule has 0 aliphatic carbocycles. The normalized spacial score (nSPS) is 12.7. The second-order valence-electron chi connectivity index (χ2n) is 6.50. The molecule has 0 radical (unpaired) electrons. The highest BCUT2D eigenvalue weighted by Gasteiger charge is 2.28. The molecule has 0 amide bonds. The zero-order valence-corrected chi connectivity index (χ0v) is 15.9. The number of alkyl halides is 3. The van der Waals surface area contributed by atoms with Crippen LogP contribution in [-0.4, -0.2) is 61.8 Å². The van der Waals surface area contributed by atoms with Gasteiger partial charge in [0, 0.05) is 36.7 Å². The van der Waals surface area contributed by atoms with E-state index in [-0.39, 0.29) is 0 Å². The average Bonchev–Trinajstić information content (AvgIpc) is 3.00. The molecule has 0 aliphatic heterocycles. The summed E-state index contributed by atoms with van der Waals surface area (Å²) in [7, 11) is 1.47. The number of aromatic nitrogens is 1. The molecular formula is C19H28F3N5. The Morgan fingerprint density at radius 3 is 2.74 bits per heavy atom. The highest BCUT2D eigenvalue weighted by molar-refractivity contribution is 5.83.